The van der Waals surface area contributed by atoms with E-state index < -0.39 is 16.1 Å². The van der Waals surface area contributed by atoms with Crippen molar-refractivity contribution in [1.29, 1.82) is 0 Å². The quantitative estimate of drug-likeness (QED) is 0.351. The molecule has 9 heteroatoms. The predicted molar refractivity (Wildman–Crippen MR) is 124 cm³/mol. The number of non-ortho nitro benzene ring substituents is 1. The van der Waals surface area contributed by atoms with Crippen LogP contribution in [0, 0.1) is 10.1 Å². The SMILES string of the molecule is COc1cc(N2CCCCC2)ccc1/C=C1\SC(=O)N(Cc2cccc([N+](=O)[O-])c2)C1=O. The number of carbonyl (C=O) groups is 2. The summed E-state index contributed by atoms with van der Waals surface area (Å²) in [6.07, 6.45) is 5.25. The Kier molecular flexibility index (Phi) is 6.45. The summed E-state index contributed by atoms with van der Waals surface area (Å²) >= 11 is 0.857. The van der Waals surface area contributed by atoms with Crippen LogP contribution in [0.4, 0.5) is 16.2 Å². The van der Waals surface area contributed by atoms with Gasteiger partial charge in [0.25, 0.3) is 16.8 Å². The maximum absolute atomic E-state index is 12.9. The van der Waals surface area contributed by atoms with Gasteiger partial charge in [-0.25, -0.2) is 0 Å². The average molecular weight is 454 g/mol. The number of methoxy groups -OCH3 is 1. The highest BCUT2D eigenvalue weighted by Gasteiger charge is 2.35. The molecule has 2 aliphatic rings. The zero-order valence-electron chi connectivity index (χ0n) is 17.7. The van der Waals surface area contributed by atoms with Gasteiger partial charge in [0.1, 0.15) is 5.75 Å². The topological polar surface area (TPSA) is 93.0 Å². The molecule has 0 aromatic heterocycles. The minimum atomic E-state index is -0.503. The van der Waals surface area contributed by atoms with Gasteiger partial charge in [0.05, 0.1) is 23.5 Å². The summed E-state index contributed by atoms with van der Waals surface area (Å²) in [5.41, 5.74) is 2.24. The van der Waals surface area contributed by atoms with Gasteiger partial charge >= 0.3 is 0 Å². The maximum atomic E-state index is 12.9. The standard InChI is InChI=1S/C23H23N3O5S/c1-31-20-14-18(24-10-3-2-4-11-24)9-8-17(20)13-21-22(27)25(23(28)32-21)15-16-6-5-7-19(12-16)26(29)30/h5-9,12-14H,2-4,10-11,15H2,1H3/b21-13-. The third kappa shape index (κ3) is 4.62. The Bertz CT molecular complexity index is 1090. The molecule has 0 atom stereocenters. The van der Waals surface area contributed by atoms with Crippen LogP contribution in [-0.2, 0) is 11.3 Å². The smallest absolute Gasteiger partial charge is 0.293 e. The lowest BCUT2D eigenvalue weighted by atomic mass is 10.1. The first-order valence-electron chi connectivity index (χ1n) is 10.4. The van der Waals surface area contributed by atoms with Gasteiger partial charge in [0, 0.05) is 42.5 Å². The summed E-state index contributed by atoms with van der Waals surface area (Å²) in [7, 11) is 1.58. The Morgan fingerprint density at radius 2 is 1.91 bits per heavy atom. The second kappa shape index (κ2) is 9.44. The van der Waals surface area contributed by atoms with E-state index in [1.54, 1.807) is 19.3 Å². The van der Waals surface area contributed by atoms with Crippen LogP contribution in [0.25, 0.3) is 6.08 Å². The molecule has 8 nitrogen and oxygen atoms in total. The molecule has 166 valence electrons. The average Bonchev–Trinajstić information content (AvgIpc) is 3.07. The Balaban J connectivity index is 1.54. The first kappa shape index (κ1) is 21.9. The van der Waals surface area contributed by atoms with Crippen LogP contribution < -0.4 is 9.64 Å². The van der Waals surface area contributed by atoms with Crippen LogP contribution in [0.5, 0.6) is 5.75 Å². The summed E-state index contributed by atoms with van der Waals surface area (Å²) in [6, 6.07) is 11.8. The van der Waals surface area contributed by atoms with E-state index in [0.29, 0.717) is 21.8 Å². The number of hydrogen-bond donors (Lipinski definition) is 0. The number of nitro benzene ring substituents is 1. The highest BCUT2D eigenvalue weighted by Crippen LogP contribution is 2.36. The highest BCUT2D eigenvalue weighted by atomic mass is 32.2. The van der Waals surface area contributed by atoms with Gasteiger partial charge in [-0.05, 0) is 54.8 Å². The number of ether oxygens (including phenoxy) is 1. The van der Waals surface area contributed by atoms with Crippen LogP contribution >= 0.6 is 11.8 Å². The number of benzene rings is 2. The van der Waals surface area contributed by atoms with E-state index in [0.717, 1.165) is 35.4 Å². The summed E-state index contributed by atoms with van der Waals surface area (Å²) in [4.78, 5) is 39.6. The summed E-state index contributed by atoms with van der Waals surface area (Å²) in [6.45, 7) is 2.01. The van der Waals surface area contributed by atoms with Crippen molar-refractivity contribution < 1.29 is 19.2 Å². The molecular formula is C23H23N3O5S. The summed E-state index contributed by atoms with van der Waals surface area (Å²) in [5, 5.41) is 10.6. The number of thioether (sulfide) groups is 1. The van der Waals surface area contributed by atoms with Gasteiger partial charge in [0.15, 0.2) is 0 Å². The highest BCUT2D eigenvalue weighted by molar-refractivity contribution is 8.18. The molecule has 2 amide bonds. The second-order valence-corrected chi connectivity index (χ2v) is 8.66. The van der Waals surface area contributed by atoms with Crippen molar-refractivity contribution >= 4 is 40.4 Å². The van der Waals surface area contributed by atoms with E-state index in [1.807, 2.05) is 18.2 Å². The van der Waals surface area contributed by atoms with E-state index in [9.17, 15) is 19.7 Å². The molecule has 2 aliphatic heterocycles. The molecule has 32 heavy (non-hydrogen) atoms. The third-order valence-corrected chi connectivity index (χ3v) is 6.47. The fourth-order valence-corrected chi connectivity index (χ4v) is 4.73. The van der Waals surface area contributed by atoms with Gasteiger partial charge in [-0.2, -0.15) is 0 Å². The molecule has 4 rings (SSSR count). The zero-order valence-corrected chi connectivity index (χ0v) is 18.5. The first-order valence-corrected chi connectivity index (χ1v) is 11.2. The number of piperidine rings is 1. The number of imide groups is 1. The van der Waals surface area contributed by atoms with Crippen molar-refractivity contribution in [2.24, 2.45) is 0 Å². The largest absolute Gasteiger partial charge is 0.496 e. The van der Waals surface area contributed by atoms with Crippen molar-refractivity contribution in [3.05, 3.63) is 68.6 Å². The van der Waals surface area contributed by atoms with Gasteiger partial charge in [0.2, 0.25) is 0 Å². The molecule has 0 N–H and O–H groups in total. The number of nitro groups is 1. The van der Waals surface area contributed by atoms with E-state index in [1.165, 1.54) is 37.5 Å². The van der Waals surface area contributed by atoms with Crippen molar-refractivity contribution in [2.45, 2.75) is 25.8 Å². The lowest BCUT2D eigenvalue weighted by molar-refractivity contribution is -0.384. The number of carbonyl (C=O) groups excluding carboxylic acids is 2. The molecule has 2 aromatic carbocycles. The Morgan fingerprint density at radius 1 is 1.12 bits per heavy atom. The molecule has 0 unspecified atom stereocenters. The number of anilines is 1. The van der Waals surface area contributed by atoms with Gasteiger partial charge in [-0.3, -0.25) is 24.6 Å². The van der Waals surface area contributed by atoms with Crippen LogP contribution in [0.1, 0.15) is 30.4 Å². The maximum Gasteiger partial charge on any atom is 0.293 e. The fraction of sp³-hybridized carbons (Fsp3) is 0.304. The van der Waals surface area contributed by atoms with Crippen LogP contribution in [-0.4, -0.2) is 41.2 Å². The number of amides is 2. The van der Waals surface area contributed by atoms with Crippen molar-refractivity contribution in [2.75, 3.05) is 25.1 Å². The second-order valence-electron chi connectivity index (χ2n) is 7.67. The number of hydrogen-bond acceptors (Lipinski definition) is 7. The van der Waals surface area contributed by atoms with Gasteiger partial charge in [-0.1, -0.05) is 12.1 Å². The summed E-state index contributed by atoms with van der Waals surface area (Å²) < 4.78 is 5.55. The summed E-state index contributed by atoms with van der Waals surface area (Å²) in [5.74, 6) is 0.215. The van der Waals surface area contributed by atoms with Crippen molar-refractivity contribution in [3.63, 3.8) is 0 Å². The van der Waals surface area contributed by atoms with Crippen LogP contribution in [0.2, 0.25) is 0 Å². The molecule has 2 fully saturated rings. The van der Waals surface area contributed by atoms with E-state index >= 15 is 0 Å². The molecule has 2 saturated heterocycles. The first-order chi connectivity index (χ1) is 15.5. The third-order valence-electron chi connectivity index (χ3n) is 5.56. The van der Waals surface area contributed by atoms with Crippen LogP contribution in [0.3, 0.4) is 0 Å². The molecule has 2 aromatic rings. The number of nitrogens with zero attached hydrogens (tertiary/aromatic N) is 3. The predicted octanol–water partition coefficient (Wildman–Crippen LogP) is 4.83. The molecule has 0 saturated carbocycles. The molecular weight excluding hydrogens is 430 g/mol. The van der Waals surface area contributed by atoms with E-state index in [2.05, 4.69) is 4.90 Å². The Labute approximate surface area is 190 Å². The normalized spacial score (nSPS) is 17.8. The van der Waals surface area contributed by atoms with Crippen LogP contribution in [0.15, 0.2) is 47.4 Å². The van der Waals surface area contributed by atoms with Crippen molar-refractivity contribution in [3.8, 4) is 5.75 Å². The minimum absolute atomic E-state index is 0.0191. The van der Waals surface area contributed by atoms with E-state index in [-0.39, 0.29) is 12.2 Å². The zero-order chi connectivity index (χ0) is 22.7. The van der Waals surface area contributed by atoms with Crippen molar-refractivity contribution in [1.82, 2.24) is 4.90 Å². The molecule has 0 bridgehead atoms. The lowest BCUT2D eigenvalue weighted by Gasteiger charge is -2.29. The molecule has 2 heterocycles. The Hall–Kier alpha value is -3.33. The fourth-order valence-electron chi connectivity index (χ4n) is 3.90. The van der Waals surface area contributed by atoms with Gasteiger partial charge in [-0.15, -0.1) is 0 Å². The molecule has 0 radical (unpaired) electrons. The van der Waals surface area contributed by atoms with E-state index in [4.69, 9.17) is 4.74 Å². The monoisotopic (exact) mass is 453 g/mol. The minimum Gasteiger partial charge on any atom is -0.496 e. The molecule has 0 aliphatic carbocycles. The van der Waals surface area contributed by atoms with Gasteiger partial charge < -0.3 is 9.64 Å². The Morgan fingerprint density at radius 3 is 2.62 bits per heavy atom. The number of rotatable bonds is 6. The molecule has 0 spiro atoms. The lowest BCUT2D eigenvalue weighted by Crippen LogP contribution is -2.29.